The van der Waals surface area contributed by atoms with Crippen molar-refractivity contribution in [3.8, 4) is 0 Å². The molecule has 1 aliphatic heterocycles. The SMILES string of the molecule is O=C(Nc1ccc(I)cn1)C1CCNCC1. The first-order valence-electron chi connectivity index (χ1n) is 5.39. The van der Waals surface area contributed by atoms with Crippen LogP contribution in [0.3, 0.4) is 0 Å². The van der Waals surface area contributed by atoms with Crippen molar-refractivity contribution in [2.75, 3.05) is 18.4 Å². The van der Waals surface area contributed by atoms with Crippen molar-refractivity contribution in [1.29, 1.82) is 0 Å². The van der Waals surface area contributed by atoms with Crippen LogP contribution in [0, 0.1) is 9.49 Å². The maximum Gasteiger partial charge on any atom is 0.228 e. The standard InChI is InChI=1S/C11H14IN3O/c12-9-1-2-10(14-7-9)15-11(16)8-3-5-13-6-4-8/h1-2,7-8,13H,3-6H2,(H,14,15,16). The highest BCUT2D eigenvalue weighted by atomic mass is 127. The molecule has 0 bridgehead atoms. The largest absolute Gasteiger partial charge is 0.317 e. The van der Waals surface area contributed by atoms with Gasteiger partial charge in [-0.1, -0.05) is 0 Å². The van der Waals surface area contributed by atoms with Crippen LogP contribution < -0.4 is 10.6 Å². The number of pyridine rings is 1. The van der Waals surface area contributed by atoms with E-state index in [-0.39, 0.29) is 11.8 Å². The maximum absolute atomic E-state index is 11.9. The molecule has 0 atom stereocenters. The molecule has 0 saturated carbocycles. The number of nitrogens with zero attached hydrogens (tertiary/aromatic N) is 1. The van der Waals surface area contributed by atoms with Gasteiger partial charge in [0.05, 0.1) is 0 Å². The second kappa shape index (κ2) is 5.58. The smallest absolute Gasteiger partial charge is 0.228 e. The summed E-state index contributed by atoms with van der Waals surface area (Å²) in [4.78, 5) is 16.0. The van der Waals surface area contributed by atoms with Gasteiger partial charge in [0.2, 0.25) is 5.91 Å². The summed E-state index contributed by atoms with van der Waals surface area (Å²) < 4.78 is 1.07. The average Bonchev–Trinajstić information content (AvgIpc) is 2.33. The molecule has 2 heterocycles. The number of rotatable bonds is 2. The Balaban J connectivity index is 1.93. The summed E-state index contributed by atoms with van der Waals surface area (Å²) in [6.07, 6.45) is 3.57. The van der Waals surface area contributed by atoms with E-state index in [4.69, 9.17) is 0 Å². The first-order chi connectivity index (χ1) is 7.75. The summed E-state index contributed by atoms with van der Waals surface area (Å²) in [6.45, 7) is 1.86. The summed E-state index contributed by atoms with van der Waals surface area (Å²) in [5, 5.41) is 6.10. The zero-order valence-electron chi connectivity index (χ0n) is 8.87. The molecule has 2 rings (SSSR count). The van der Waals surface area contributed by atoms with E-state index in [1.807, 2.05) is 12.1 Å². The molecule has 5 heteroatoms. The van der Waals surface area contributed by atoms with Crippen molar-refractivity contribution >= 4 is 34.3 Å². The Bertz CT molecular complexity index is 360. The monoisotopic (exact) mass is 331 g/mol. The Morgan fingerprint density at radius 1 is 1.44 bits per heavy atom. The molecule has 1 amide bonds. The molecule has 1 aromatic heterocycles. The van der Waals surface area contributed by atoms with Crippen LogP contribution in [0.4, 0.5) is 5.82 Å². The summed E-state index contributed by atoms with van der Waals surface area (Å²) >= 11 is 2.19. The quantitative estimate of drug-likeness (QED) is 0.810. The third-order valence-electron chi connectivity index (χ3n) is 2.69. The van der Waals surface area contributed by atoms with Gasteiger partial charge < -0.3 is 10.6 Å². The van der Waals surface area contributed by atoms with Gasteiger partial charge in [-0.05, 0) is 60.7 Å². The van der Waals surface area contributed by atoms with E-state index in [2.05, 4.69) is 38.2 Å². The molecule has 1 fully saturated rings. The molecule has 1 aromatic rings. The van der Waals surface area contributed by atoms with E-state index in [1.54, 1.807) is 6.20 Å². The molecule has 1 saturated heterocycles. The fourth-order valence-corrected chi connectivity index (χ4v) is 2.08. The van der Waals surface area contributed by atoms with E-state index in [9.17, 15) is 4.79 Å². The Morgan fingerprint density at radius 2 is 2.19 bits per heavy atom. The molecule has 0 spiro atoms. The van der Waals surface area contributed by atoms with Crippen molar-refractivity contribution in [2.24, 2.45) is 5.92 Å². The predicted molar refractivity (Wildman–Crippen MR) is 71.2 cm³/mol. The molecule has 0 unspecified atom stereocenters. The number of hydrogen-bond acceptors (Lipinski definition) is 3. The van der Waals surface area contributed by atoms with Gasteiger partial charge >= 0.3 is 0 Å². The topological polar surface area (TPSA) is 54.0 Å². The molecule has 2 N–H and O–H groups in total. The number of hydrogen-bond donors (Lipinski definition) is 2. The Labute approximate surface area is 108 Å². The highest BCUT2D eigenvalue weighted by Crippen LogP contribution is 2.14. The minimum atomic E-state index is 0.0928. The molecule has 0 aliphatic carbocycles. The maximum atomic E-state index is 11.9. The Hall–Kier alpha value is -0.690. The van der Waals surface area contributed by atoms with Gasteiger partial charge in [0.15, 0.2) is 0 Å². The summed E-state index contributed by atoms with van der Waals surface area (Å²) in [5.41, 5.74) is 0. The van der Waals surface area contributed by atoms with E-state index < -0.39 is 0 Å². The zero-order chi connectivity index (χ0) is 11.4. The Morgan fingerprint density at radius 3 is 2.81 bits per heavy atom. The molecular formula is C11H14IN3O. The summed E-state index contributed by atoms with van der Waals surface area (Å²) in [5.74, 6) is 0.862. The number of carbonyl (C=O) groups is 1. The number of piperidine rings is 1. The zero-order valence-corrected chi connectivity index (χ0v) is 11.0. The fraction of sp³-hybridized carbons (Fsp3) is 0.455. The van der Waals surface area contributed by atoms with E-state index in [0.717, 1.165) is 29.5 Å². The van der Waals surface area contributed by atoms with Crippen LogP contribution >= 0.6 is 22.6 Å². The number of carbonyl (C=O) groups excluding carboxylic acids is 1. The van der Waals surface area contributed by atoms with Gasteiger partial charge in [-0.2, -0.15) is 0 Å². The van der Waals surface area contributed by atoms with Crippen LogP contribution in [0.2, 0.25) is 0 Å². The third-order valence-corrected chi connectivity index (χ3v) is 3.33. The van der Waals surface area contributed by atoms with Gasteiger partial charge in [-0.3, -0.25) is 4.79 Å². The fourth-order valence-electron chi connectivity index (χ4n) is 1.76. The minimum absolute atomic E-state index is 0.0928. The lowest BCUT2D eigenvalue weighted by Gasteiger charge is -2.21. The third kappa shape index (κ3) is 3.15. The van der Waals surface area contributed by atoms with Crippen LogP contribution in [0.15, 0.2) is 18.3 Å². The number of halogens is 1. The van der Waals surface area contributed by atoms with Gasteiger partial charge in [-0.25, -0.2) is 4.98 Å². The highest BCUT2D eigenvalue weighted by molar-refractivity contribution is 14.1. The lowest BCUT2D eigenvalue weighted by Crippen LogP contribution is -2.34. The first kappa shape index (κ1) is 11.8. The Kier molecular flexibility index (Phi) is 4.11. The van der Waals surface area contributed by atoms with Gasteiger partial charge in [0.25, 0.3) is 0 Å². The van der Waals surface area contributed by atoms with Gasteiger partial charge in [-0.15, -0.1) is 0 Å². The molecule has 0 radical (unpaired) electrons. The normalized spacial score (nSPS) is 17.1. The van der Waals surface area contributed by atoms with Crippen LogP contribution in [-0.2, 0) is 4.79 Å². The van der Waals surface area contributed by atoms with Crippen molar-refractivity contribution in [3.05, 3.63) is 21.9 Å². The molecule has 1 aliphatic rings. The van der Waals surface area contributed by atoms with E-state index >= 15 is 0 Å². The van der Waals surface area contributed by atoms with E-state index in [0.29, 0.717) is 5.82 Å². The second-order valence-corrected chi connectivity index (χ2v) is 5.12. The van der Waals surface area contributed by atoms with Crippen LogP contribution in [0.1, 0.15) is 12.8 Å². The van der Waals surface area contributed by atoms with Gasteiger partial charge in [0.1, 0.15) is 5.82 Å². The summed E-state index contributed by atoms with van der Waals surface area (Å²) in [7, 11) is 0. The van der Waals surface area contributed by atoms with Crippen molar-refractivity contribution < 1.29 is 4.79 Å². The lowest BCUT2D eigenvalue weighted by molar-refractivity contribution is -0.120. The van der Waals surface area contributed by atoms with Crippen molar-refractivity contribution in [1.82, 2.24) is 10.3 Å². The molecule has 4 nitrogen and oxygen atoms in total. The van der Waals surface area contributed by atoms with Crippen LogP contribution in [0.25, 0.3) is 0 Å². The number of aromatic nitrogens is 1. The van der Waals surface area contributed by atoms with Crippen molar-refractivity contribution in [3.63, 3.8) is 0 Å². The van der Waals surface area contributed by atoms with Gasteiger partial charge in [0, 0.05) is 15.7 Å². The number of nitrogens with one attached hydrogen (secondary N) is 2. The van der Waals surface area contributed by atoms with E-state index in [1.165, 1.54) is 0 Å². The molecular weight excluding hydrogens is 317 g/mol. The number of amides is 1. The molecule has 0 aromatic carbocycles. The minimum Gasteiger partial charge on any atom is -0.317 e. The van der Waals surface area contributed by atoms with Crippen LogP contribution in [0.5, 0.6) is 0 Å². The van der Waals surface area contributed by atoms with Crippen molar-refractivity contribution in [2.45, 2.75) is 12.8 Å². The molecule has 16 heavy (non-hydrogen) atoms. The molecule has 86 valence electrons. The lowest BCUT2D eigenvalue weighted by atomic mass is 9.97. The second-order valence-electron chi connectivity index (χ2n) is 3.88. The highest BCUT2D eigenvalue weighted by Gasteiger charge is 2.20. The van der Waals surface area contributed by atoms with Crippen LogP contribution in [-0.4, -0.2) is 24.0 Å². The number of anilines is 1. The average molecular weight is 331 g/mol. The summed E-state index contributed by atoms with van der Waals surface area (Å²) in [6, 6.07) is 3.77. The predicted octanol–water partition coefficient (Wildman–Crippen LogP) is 1.62. The first-order valence-corrected chi connectivity index (χ1v) is 6.47.